The Morgan fingerprint density at radius 2 is 2.05 bits per heavy atom. The Balaban J connectivity index is 2.49. The number of nitrogens with two attached hydrogens (primary N) is 1. The van der Waals surface area contributed by atoms with E-state index in [1.54, 1.807) is 0 Å². The highest BCUT2D eigenvalue weighted by molar-refractivity contribution is 5.81. The summed E-state index contributed by atoms with van der Waals surface area (Å²) in [7, 11) is 4.19. The summed E-state index contributed by atoms with van der Waals surface area (Å²) >= 11 is 0. The lowest BCUT2D eigenvalue weighted by Crippen LogP contribution is -2.48. The van der Waals surface area contributed by atoms with Gasteiger partial charge in [-0.3, -0.25) is 4.79 Å². The topological polar surface area (TPSA) is 58.8 Å². The van der Waals surface area contributed by atoms with Crippen LogP contribution < -0.4 is 5.73 Å². The van der Waals surface area contributed by atoms with E-state index in [0.717, 1.165) is 45.3 Å². The first-order chi connectivity index (χ1) is 9.42. The molecule has 0 aromatic carbocycles. The van der Waals surface area contributed by atoms with Gasteiger partial charge < -0.3 is 20.3 Å². The molecule has 0 bridgehead atoms. The number of carbonyl (C=O) groups is 1. The molecule has 1 saturated carbocycles. The summed E-state index contributed by atoms with van der Waals surface area (Å²) in [5, 5.41) is 0. The highest BCUT2D eigenvalue weighted by Gasteiger charge is 2.44. The SMILES string of the molecule is CCOC(=O)C1(N)CCC(N(CC)CCCN(C)C)C1. The smallest absolute Gasteiger partial charge is 0.326 e. The summed E-state index contributed by atoms with van der Waals surface area (Å²) in [5.41, 5.74) is 5.47. The lowest BCUT2D eigenvalue weighted by atomic mass is 9.99. The molecule has 2 unspecified atom stereocenters. The molecule has 1 aliphatic carbocycles. The molecule has 2 N–H and O–H groups in total. The second-order valence-corrected chi connectivity index (χ2v) is 6.06. The first-order valence-electron chi connectivity index (χ1n) is 7.77. The van der Waals surface area contributed by atoms with Crippen LogP contribution in [0.4, 0.5) is 0 Å². The minimum absolute atomic E-state index is 0.230. The van der Waals surface area contributed by atoms with E-state index >= 15 is 0 Å². The predicted octanol–water partition coefficient (Wildman–Crippen LogP) is 1.07. The molecule has 0 saturated heterocycles. The van der Waals surface area contributed by atoms with Gasteiger partial charge in [0.2, 0.25) is 0 Å². The fourth-order valence-electron chi connectivity index (χ4n) is 3.01. The summed E-state index contributed by atoms with van der Waals surface area (Å²) in [5.74, 6) is -0.230. The van der Waals surface area contributed by atoms with Gasteiger partial charge in [-0.15, -0.1) is 0 Å². The molecule has 0 spiro atoms. The number of hydrogen-bond donors (Lipinski definition) is 1. The summed E-state index contributed by atoms with van der Waals surface area (Å²) in [4.78, 5) is 16.6. The van der Waals surface area contributed by atoms with Gasteiger partial charge in [-0.25, -0.2) is 0 Å². The molecule has 0 aliphatic heterocycles. The Morgan fingerprint density at radius 3 is 2.60 bits per heavy atom. The van der Waals surface area contributed by atoms with Crippen LogP contribution in [0.5, 0.6) is 0 Å². The van der Waals surface area contributed by atoms with E-state index in [2.05, 4.69) is 30.8 Å². The highest BCUT2D eigenvalue weighted by atomic mass is 16.5. The molecular weight excluding hydrogens is 254 g/mol. The van der Waals surface area contributed by atoms with Gasteiger partial charge in [0.25, 0.3) is 0 Å². The van der Waals surface area contributed by atoms with Gasteiger partial charge in [-0.05, 0) is 66.3 Å². The van der Waals surface area contributed by atoms with Gasteiger partial charge in [0, 0.05) is 6.04 Å². The summed E-state index contributed by atoms with van der Waals surface area (Å²) < 4.78 is 5.11. The molecule has 0 aromatic rings. The maximum absolute atomic E-state index is 12.0. The van der Waals surface area contributed by atoms with Crippen molar-refractivity contribution in [2.24, 2.45) is 5.73 Å². The number of esters is 1. The number of ether oxygens (including phenoxy) is 1. The molecule has 0 aromatic heterocycles. The summed E-state index contributed by atoms with van der Waals surface area (Å²) in [6, 6.07) is 0.413. The molecule has 20 heavy (non-hydrogen) atoms. The third-order valence-electron chi connectivity index (χ3n) is 4.18. The molecular formula is C15H31N3O2. The minimum Gasteiger partial charge on any atom is -0.465 e. The van der Waals surface area contributed by atoms with Crippen LogP contribution in [-0.4, -0.2) is 67.7 Å². The van der Waals surface area contributed by atoms with Crippen LogP contribution >= 0.6 is 0 Å². The molecule has 5 nitrogen and oxygen atoms in total. The Morgan fingerprint density at radius 1 is 1.35 bits per heavy atom. The fraction of sp³-hybridized carbons (Fsp3) is 0.933. The molecule has 5 heteroatoms. The van der Waals surface area contributed by atoms with Crippen molar-refractivity contribution in [3.05, 3.63) is 0 Å². The average molecular weight is 285 g/mol. The second-order valence-electron chi connectivity index (χ2n) is 6.06. The van der Waals surface area contributed by atoms with Gasteiger partial charge in [0.1, 0.15) is 5.54 Å². The Kier molecular flexibility index (Phi) is 6.92. The Labute approximate surface area is 123 Å². The monoisotopic (exact) mass is 285 g/mol. The van der Waals surface area contributed by atoms with Gasteiger partial charge in [-0.1, -0.05) is 6.92 Å². The minimum atomic E-state index is -0.768. The van der Waals surface area contributed by atoms with E-state index in [0.29, 0.717) is 12.6 Å². The third kappa shape index (κ3) is 4.72. The van der Waals surface area contributed by atoms with Crippen LogP contribution in [0, 0.1) is 0 Å². The zero-order chi connectivity index (χ0) is 15.2. The normalized spacial score (nSPS) is 26.4. The van der Waals surface area contributed by atoms with Crippen LogP contribution in [-0.2, 0) is 9.53 Å². The number of carbonyl (C=O) groups excluding carboxylic acids is 1. The van der Waals surface area contributed by atoms with Crippen LogP contribution in [0.15, 0.2) is 0 Å². The van der Waals surface area contributed by atoms with Crippen molar-refractivity contribution in [1.82, 2.24) is 9.80 Å². The number of nitrogens with zero attached hydrogens (tertiary/aromatic N) is 2. The number of hydrogen-bond acceptors (Lipinski definition) is 5. The van der Waals surface area contributed by atoms with Gasteiger partial charge in [0.15, 0.2) is 0 Å². The van der Waals surface area contributed by atoms with Crippen LogP contribution in [0.3, 0.4) is 0 Å². The molecule has 1 aliphatic rings. The molecule has 2 atom stereocenters. The average Bonchev–Trinajstić information content (AvgIpc) is 2.78. The molecule has 0 heterocycles. The van der Waals surface area contributed by atoms with Gasteiger partial charge in [0.05, 0.1) is 6.61 Å². The lowest BCUT2D eigenvalue weighted by molar-refractivity contribution is -0.149. The summed E-state index contributed by atoms with van der Waals surface area (Å²) in [6.45, 7) is 7.58. The van der Waals surface area contributed by atoms with Crippen LogP contribution in [0.1, 0.15) is 39.5 Å². The Bertz CT molecular complexity index is 309. The molecule has 118 valence electrons. The number of rotatable bonds is 8. The van der Waals surface area contributed by atoms with Gasteiger partial charge >= 0.3 is 5.97 Å². The van der Waals surface area contributed by atoms with E-state index < -0.39 is 5.54 Å². The quantitative estimate of drug-likeness (QED) is 0.676. The van der Waals surface area contributed by atoms with Crippen molar-refractivity contribution in [2.75, 3.05) is 40.3 Å². The van der Waals surface area contributed by atoms with Crippen molar-refractivity contribution < 1.29 is 9.53 Å². The van der Waals surface area contributed by atoms with Crippen LogP contribution in [0.25, 0.3) is 0 Å². The Hall–Kier alpha value is -0.650. The lowest BCUT2D eigenvalue weighted by Gasteiger charge is -2.29. The molecule has 0 radical (unpaired) electrons. The van der Waals surface area contributed by atoms with Crippen molar-refractivity contribution in [2.45, 2.75) is 51.1 Å². The maximum atomic E-state index is 12.0. The largest absolute Gasteiger partial charge is 0.465 e. The fourth-order valence-corrected chi connectivity index (χ4v) is 3.01. The highest BCUT2D eigenvalue weighted by Crippen LogP contribution is 2.32. The summed E-state index contributed by atoms with van der Waals surface area (Å²) in [6.07, 6.45) is 3.60. The molecule has 1 rings (SSSR count). The van der Waals surface area contributed by atoms with E-state index in [9.17, 15) is 4.79 Å². The maximum Gasteiger partial charge on any atom is 0.326 e. The predicted molar refractivity (Wildman–Crippen MR) is 81.6 cm³/mol. The first kappa shape index (κ1) is 17.4. The van der Waals surface area contributed by atoms with Crippen molar-refractivity contribution in [1.29, 1.82) is 0 Å². The van der Waals surface area contributed by atoms with Crippen molar-refractivity contribution in [3.8, 4) is 0 Å². The van der Waals surface area contributed by atoms with Crippen molar-refractivity contribution >= 4 is 5.97 Å². The van der Waals surface area contributed by atoms with Crippen LogP contribution in [0.2, 0.25) is 0 Å². The van der Waals surface area contributed by atoms with E-state index in [4.69, 9.17) is 10.5 Å². The first-order valence-corrected chi connectivity index (χ1v) is 7.77. The van der Waals surface area contributed by atoms with E-state index in [1.165, 1.54) is 0 Å². The molecule has 1 fully saturated rings. The van der Waals surface area contributed by atoms with Gasteiger partial charge in [-0.2, -0.15) is 0 Å². The zero-order valence-electron chi connectivity index (χ0n) is 13.5. The molecule has 0 amide bonds. The van der Waals surface area contributed by atoms with Crippen molar-refractivity contribution in [3.63, 3.8) is 0 Å². The third-order valence-corrected chi connectivity index (χ3v) is 4.18. The zero-order valence-corrected chi connectivity index (χ0v) is 13.5. The standard InChI is InChI=1S/C15H31N3O2/c1-5-18(11-7-10-17(3)4)13-8-9-15(16,12-13)14(19)20-6-2/h13H,5-12,16H2,1-4H3. The van der Waals surface area contributed by atoms with E-state index in [-0.39, 0.29) is 5.97 Å². The van der Waals surface area contributed by atoms with E-state index in [1.807, 2.05) is 6.92 Å². The second kappa shape index (κ2) is 7.96.